The molecule has 0 radical (unpaired) electrons. The summed E-state index contributed by atoms with van der Waals surface area (Å²) in [7, 11) is 0. The van der Waals surface area contributed by atoms with Gasteiger partial charge in [-0.25, -0.2) is 5.43 Å². The van der Waals surface area contributed by atoms with E-state index in [1.54, 1.807) is 0 Å². The number of nitrogens with one attached hydrogen (secondary N) is 3. The minimum atomic E-state index is 0.477. The van der Waals surface area contributed by atoms with E-state index in [4.69, 9.17) is 0 Å². The molecule has 2 saturated heterocycles. The molecule has 0 bridgehead atoms. The topological polar surface area (TPSA) is 36.1 Å². The molecule has 0 spiro atoms. The molecule has 23 heavy (non-hydrogen) atoms. The van der Waals surface area contributed by atoms with E-state index in [-0.39, 0.29) is 0 Å². The second-order valence-electron chi connectivity index (χ2n) is 8.49. The first-order chi connectivity index (χ1) is 11.3. The van der Waals surface area contributed by atoms with Crippen molar-refractivity contribution in [2.24, 2.45) is 23.7 Å². The number of rotatable bonds is 1. The lowest BCUT2D eigenvalue weighted by molar-refractivity contribution is 0.158. The van der Waals surface area contributed by atoms with Gasteiger partial charge in [-0.15, -0.1) is 0 Å². The van der Waals surface area contributed by atoms with E-state index in [2.05, 4.69) is 53.4 Å². The number of hydrogen-bond donors (Lipinski definition) is 3. The summed E-state index contributed by atoms with van der Waals surface area (Å²) in [6.07, 6.45) is 7.04. The van der Waals surface area contributed by atoms with Crippen molar-refractivity contribution in [2.75, 3.05) is 0 Å². The quantitative estimate of drug-likeness (QED) is 0.746. The van der Waals surface area contributed by atoms with Crippen molar-refractivity contribution in [3.8, 4) is 0 Å². The molecule has 2 aliphatic carbocycles. The highest BCUT2D eigenvalue weighted by Crippen LogP contribution is 2.49. The van der Waals surface area contributed by atoms with Crippen molar-refractivity contribution in [1.29, 1.82) is 0 Å². The van der Waals surface area contributed by atoms with Crippen molar-refractivity contribution < 1.29 is 0 Å². The molecule has 5 rings (SSSR count). The summed E-state index contributed by atoms with van der Waals surface area (Å²) in [5, 5.41) is 4.06. The van der Waals surface area contributed by atoms with Crippen molar-refractivity contribution >= 4 is 0 Å². The first-order valence-electron chi connectivity index (χ1n) is 9.63. The molecule has 2 saturated carbocycles. The summed E-state index contributed by atoms with van der Waals surface area (Å²) < 4.78 is 0. The molecule has 4 aliphatic rings. The van der Waals surface area contributed by atoms with Crippen LogP contribution in [0.4, 0.5) is 0 Å². The summed E-state index contributed by atoms with van der Waals surface area (Å²) in [5.41, 5.74) is 8.75. The predicted octanol–water partition coefficient (Wildman–Crippen LogP) is 3.01. The van der Waals surface area contributed by atoms with Gasteiger partial charge in [0.25, 0.3) is 0 Å². The van der Waals surface area contributed by atoms with Gasteiger partial charge in [0.15, 0.2) is 0 Å². The van der Waals surface area contributed by atoms with Crippen LogP contribution in [-0.2, 0) is 0 Å². The van der Waals surface area contributed by atoms with Gasteiger partial charge in [-0.3, -0.25) is 5.43 Å². The predicted molar refractivity (Wildman–Crippen MR) is 92.7 cm³/mol. The zero-order chi connectivity index (χ0) is 15.4. The molecular formula is C20H29N3. The third-order valence-corrected chi connectivity index (χ3v) is 7.25. The largest absolute Gasteiger partial charge is 0.309 e. The summed E-state index contributed by atoms with van der Waals surface area (Å²) in [4.78, 5) is 0. The van der Waals surface area contributed by atoms with Crippen LogP contribution in [-0.4, -0.2) is 18.1 Å². The smallest absolute Gasteiger partial charge is 0.0506 e. The van der Waals surface area contributed by atoms with Crippen LogP contribution < -0.4 is 16.2 Å². The second kappa shape index (κ2) is 5.58. The van der Waals surface area contributed by atoms with Crippen LogP contribution in [0.15, 0.2) is 30.3 Å². The fourth-order valence-electron chi connectivity index (χ4n) is 6.19. The Hall–Kier alpha value is -0.900. The van der Waals surface area contributed by atoms with Crippen LogP contribution in [0.1, 0.15) is 50.6 Å². The maximum absolute atomic E-state index is 4.06. The summed E-state index contributed by atoms with van der Waals surface area (Å²) in [6, 6.07) is 13.5. The molecule has 2 aliphatic heterocycles. The maximum atomic E-state index is 4.06. The van der Waals surface area contributed by atoms with Gasteiger partial charge in [0.2, 0.25) is 0 Å². The number of hydrogen-bond acceptors (Lipinski definition) is 3. The van der Waals surface area contributed by atoms with E-state index in [0.717, 1.165) is 29.7 Å². The highest BCUT2D eigenvalue weighted by Gasteiger charge is 2.54. The Labute approximate surface area is 139 Å². The Morgan fingerprint density at radius 2 is 1.65 bits per heavy atom. The molecule has 3 N–H and O–H groups in total. The van der Waals surface area contributed by atoms with E-state index in [1.807, 2.05) is 0 Å². The van der Waals surface area contributed by atoms with Gasteiger partial charge in [0, 0.05) is 18.1 Å². The lowest BCUT2D eigenvalue weighted by Gasteiger charge is -2.39. The number of fused-ring (bicyclic) bond motifs is 5. The molecule has 3 heteroatoms. The maximum Gasteiger partial charge on any atom is 0.0506 e. The molecule has 4 fully saturated rings. The number of benzene rings is 1. The lowest BCUT2D eigenvalue weighted by atomic mass is 9.66. The summed E-state index contributed by atoms with van der Waals surface area (Å²) in [5.74, 6) is 3.49. The summed E-state index contributed by atoms with van der Waals surface area (Å²) in [6.45, 7) is 2.45. The van der Waals surface area contributed by atoms with Gasteiger partial charge < -0.3 is 5.32 Å². The Balaban J connectivity index is 1.38. The van der Waals surface area contributed by atoms with Gasteiger partial charge in [-0.2, -0.15) is 0 Å². The minimum absolute atomic E-state index is 0.477. The van der Waals surface area contributed by atoms with Gasteiger partial charge >= 0.3 is 0 Å². The Kier molecular flexibility index (Phi) is 3.50. The standard InChI is InChI=1S/C20H29N3/c1-12-7-10-17-16(11-12)14-8-9-15-18(13-5-3-2-4-6-13)22-23-20(15)19(14)21-17/h2-6,12,14-23H,7-11H2,1H3. The van der Waals surface area contributed by atoms with Gasteiger partial charge in [0.05, 0.1) is 6.04 Å². The molecule has 0 amide bonds. The molecule has 0 aromatic heterocycles. The van der Waals surface area contributed by atoms with Crippen LogP contribution in [0, 0.1) is 23.7 Å². The highest BCUT2D eigenvalue weighted by molar-refractivity contribution is 5.23. The van der Waals surface area contributed by atoms with E-state index in [1.165, 1.54) is 37.7 Å². The molecule has 124 valence electrons. The Bertz CT molecular complexity index is 559. The zero-order valence-electron chi connectivity index (χ0n) is 14.0. The zero-order valence-corrected chi connectivity index (χ0v) is 14.0. The first kappa shape index (κ1) is 14.4. The fourth-order valence-corrected chi connectivity index (χ4v) is 6.19. The second-order valence-corrected chi connectivity index (χ2v) is 8.49. The van der Waals surface area contributed by atoms with Crippen LogP contribution in [0.25, 0.3) is 0 Å². The molecule has 1 aromatic carbocycles. The molecule has 8 atom stereocenters. The van der Waals surface area contributed by atoms with E-state index in [0.29, 0.717) is 18.1 Å². The molecule has 2 heterocycles. The Morgan fingerprint density at radius 1 is 0.826 bits per heavy atom. The van der Waals surface area contributed by atoms with Gasteiger partial charge in [-0.05, 0) is 61.3 Å². The SMILES string of the molecule is CC1CCC2NC3C(CCC4C(c5ccccc5)NNC43)C2C1. The van der Waals surface area contributed by atoms with Crippen molar-refractivity contribution in [1.82, 2.24) is 16.2 Å². The van der Waals surface area contributed by atoms with Gasteiger partial charge in [0.1, 0.15) is 0 Å². The van der Waals surface area contributed by atoms with E-state index >= 15 is 0 Å². The average molecular weight is 311 g/mol. The molecule has 8 unspecified atom stereocenters. The molecule has 3 nitrogen and oxygen atoms in total. The molecule has 1 aromatic rings. The third-order valence-electron chi connectivity index (χ3n) is 7.25. The van der Waals surface area contributed by atoms with Gasteiger partial charge in [-0.1, -0.05) is 37.3 Å². The normalized spacial score (nSPS) is 48.6. The van der Waals surface area contributed by atoms with Crippen molar-refractivity contribution in [3.05, 3.63) is 35.9 Å². The fraction of sp³-hybridized carbons (Fsp3) is 0.700. The molecular weight excluding hydrogens is 282 g/mol. The third kappa shape index (κ3) is 2.28. The monoisotopic (exact) mass is 311 g/mol. The van der Waals surface area contributed by atoms with Crippen LogP contribution in [0.2, 0.25) is 0 Å². The first-order valence-corrected chi connectivity index (χ1v) is 9.63. The average Bonchev–Trinajstić information content (AvgIpc) is 3.16. The minimum Gasteiger partial charge on any atom is -0.309 e. The van der Waals surface area contributed by atoms with Crippen molar-refractivity contribution in [2.45, 2.75) is 63.2 Å². The van der Waals surface area contributed by atoms with E-state index < -0.39 is 0 Å². The number of hydrazine groups is 1. The van der Waals surface area contributed by atoms with Crippen molar-refractivity contribution in [3.63, 3.8) is 0 Å². The highest BCUT2D eigenvalue weighted by atomic mass is 15.4. The lowest BCUT2D eigenvalue weighted by Crippen LogP contribution is -2.52. The van der Waals surface area contributed by atoms with E-state index in [9.17, 15) is 0 Å². The van der Waals surface area contributed by atoms with Crippen LogP contribution >= 0.6 is 0 Å². The van der Waals surface area contributed by atoms with Crippen LogP contribution in [0.3, 0.4) is 0 Å². The van der Waals surface area contributed by atoms with Crippen LogP contribution in [0.5, 0.6) is 0 Å². The summed E-state index contributed by atoms with van der Waals surface area (Å²) >= 11 is 0. The Morgan fingerprint density at radius 3 is 2.52 bits per heavy atom.